The molecule has 1 heterocycles. The molecule has 8 heteroatoms. The summed E-state index contributed by atoms with van der Waals surface area (Å²) < 4.78 is 38.1. The van der Waals surface area contributed by atoms with E-state index in [1.807, 2.05) is 0 Å². The van der Waals surface area contributed by atoms with Gasteiger partial charge in [-0.2, -0.15) is 0 Å². The topological polar surface area (TPSA) is 79.4 Å². The molecule has 0 atom stereocenters. The van der Waals surface area contributed by atoms with E-state index in [2.05, 4.69) is 10.3 Å². The second-order valence-corrected chi connectivity index (χ2v) is 6.72. The molecule has 122 valence electrons. The van der Waals surface area contributed by atoms with Crippen molar-refractivity contribution in [2.45, 2.75) is 0 Å². The van der Waals surface area contributed by atoms with Gasteiger partial charge in [-0.25, -0.2) is 12.8 Å². The molecule has 0 spiro atoms. The second kappa shape index (κ2) is 7.19. The molecule has 1 aromatic carbocycles. The fourth-order valence-corrected chi connectivity index (χ4v) is 2.91. The van der Waals surface area contributed by atoms with Gasteiger partial charge in [-0.15, -0.1) is 0 Å². The smallest absolute Gasteiger partial charge is 0.252 e. The molecule has 0 bridgehead atoms. The van der Waals surface area contributed by atoms with Gasteiger partial charge >= 0.3 is 0 Å². The van der Waals surface area contributed by atoms with E-state index >= 15 is 0 Å². The summed E-state index contributed by atoms with van der Waals surface area (Å²) in [6.07, 6.45) is 3.99. The van der Waals surface area contributed by atoms with Crippen LogP contribution < -0.4 is 9.62 Å². The van der Waals surface area contributed by atoms with Crippen LogP contribution in [0.4, 0.5) is 10.1 Å². The zero-order valence-electron chi connectivity index (χ0n) is 12.4. The Morgan fingerprint density at radius 3 is 2.70 bits per heavy atom. The van der Waals surface area contributed by atoms with Crippen LogP contribution in [0.5, 0.6) is 0 Å². The number of aromatic nitrogens is 1. The van der Waals surface area contributed by atoms with Crippen LogP contribution in [0.15, 0.2) is 48.8 Å². The Hall–Kier alpha value is -2.48. The van der Waals surface area contributed by atoms with E-state index in [0.717, 1.165) is 16.6 Å². The van der Waals surface area contributed by atoms with Gasteiger partial charge in [0.25, 0.3) is 5.91 Å². The number of pyridine rings is 1. The minimum atomic E-state index is -3.59. The number of nitrogens with one attached hydrogen (secondary N) is 1. The van der Waals surface area contributed by atoms with Crippen LogP contribution in [0.25, 0.3) is 0 Å². The Balaban J connectivity index is 2.04. The number of anilines is 1. The lowest BCUT2D eigenvalue weighted by molar-refractivity contribution is 0.0954. The molecule has 1 aromatic heterocycles. The minimum Gasteiger partial charge on any atom is -0.350 e. The standard InChI is InChI=1S/C15H16FN3O3S/c1-23(21,22)19(14-6-2-5-13(16)10-14)9-8-18-15(20)12-4-3-7-17-11-12/h2-7,10-11H,8-9H2,1H3,(H,18,20). The predicted molar refractivity (Wildman–Crippen MR) is 85.2 cm³/mol. The average Bonchev–Trinajstić information content (AvgIpc) is 2.51. The molecule has 6 nitrogen and oxygen atoms in total. The highest BCUT2D eigenvalue weighted by atomic mass is 32.2. The van der Waals surface area contributed by atoms with Crippen LogP contribution in [-0.2, 0) is 10.0 Å². The molecule has 1 amide bonds. The van der Waals surface area contributed by atoms with Crippen molar-refractivity contribution in [2.75, 3.05) is 23.7 Å². The van der Waals surface area contributed by atoms with E-state index in [4.69, 9.17) is 0 Å². The number of hydrogen-bond donors (Lipinski definition) is 1. The molecule has 0 saturated carbocycles. The highest BCUT2D eigenvalue weighted by Gasteiger charge is 2.18. The summed E-state index contributed by atoms with van der Waals surface area (Å²) in [6.45, 7) is 0.0750. The largest absolute Gasteiger partial charge is 0.350 e. The molecule has 0 saturated heterocycles. The van der Waals surface area contributed by atoms with Gasteiger partial charge in [0.1, 0.15) is 5.82 Å². The molecule has 0 fully saturated rings. The van der Waals surface area contributed by atoms with Gasteiger partial charge in [-0.3, -0.25) is 14.1 Å². The van der Waals surface area contributed by atoms with E-state index in [1.54, 1.807) is 18.3 Å². The van der Waals surface area contributed by atoms with Gasteiger partial charge in [0.15, 0.2) is 0 Å². The first-order chi connectivity index (χ1) is 10.9. The van der Waals surface area contributed by atoms with E-state index in [0.29, 0.717) is 5.56 Å². The van der Waals surface area contributed by atoms with Crippen molar-refractivity contribution in [3.8, 4) is 0 Å². The highest BCUT2D eigenvalue weighted by molar-refractivity contribution is 7.92. The molecule has 2 aromatic rings. The quantitative estimate of drug-likeness (QED) is 0.864. The molecule has 1 N–H and O–H groups in total. The van der Waals surface area contributed by atoms with Gasteiger partial charge < -0.3 is 5.32 Å². The van der Waals surface area contributed by atoms with Gasteiger partial charge in [0.2, 0.25) is 10.0 Å². The van der Waals surface area contributed by atoms with Crippen molar-refractivity contribution in [3.05, 3.63) is 60.2 Å². The van der Waals surface area contributed by atoms with Crippen molar-refractivity contribution in [1.82, 2.24) is 10.3 Å². The Morgan fingerprint density at radius 2 is 2.09 bits per heavy atom. The van der Waals surface area contributed by atoms with Crippen LogP contribution in [0.2, 0.25) is 0 Å². The lowest BCUT2D eigenvalue weighted by Gasteiger charge is -2.22. The molecule has 0 radical (unpaired) electrons. The molecule has 0 unspecified atom stereocenters. The summed E-state index contributed by atoms with van der Waals surface area (Å²) in [5.41, 5.74) is 0.590. The van der Waals surface area contributed by atoms with Crippen LogP contribution >= 0.6 is 0 Å². The van der Waals surface area contributed by atoms with Gasteiger partial charge in [0.05, 0.1) is 24.1 Å². The van der Waals surface area contributed by atoms with Crippen LogP contribution in [0.1, 0.15) is 10.4 Å². The number of carbonyl (C=O) groups excluding carboxylic acids is 1. The number of amides is 1. The molecule has 0 aliphatic heterocycles. The zero-order chi connectivity index (χ0) is 16.9. The first kappa shape index (κ1) is 16.9. The maximum absolute atomic E-state index is 13.3. The Kier molecular flexibility index (Phi) is 5.28. The van der Waals surface area contributed by atoms with Crippen molar-refractivity contribution < 1.29 is 17.6 Å². The maximum atomic E-state index is 13.3. The van der Waals surface area contributed by atoms with E-state index in [1.165, 1.54) is 24.4 Å². The second-order valence-electron chi connectivity index (χ2n) is 4.81. The van der Waals surface area contributed by atoms with Crippen molar-refractivity contribution in [1.29, 1.82) is 0 Å². The lowest BCUT2D eigenvalue weighted by Crippen LogP contribution is -2.38. The normalized spacial score (nSPS) is 11.0. The lowest BCUT2D eigenvalue weighted by atomic mass is 10.2. The predicted octanol–water partition coefficient (Wildman–Crippen LogP) is 1.42. The van der Waals surface area contributed by atoms with Crippen molar-refractivity contribution >= 4 is 21.6 Å². The molecule has 2 rings (SSSR count). The highest BCUT2D eigenvalue weighted by Crippen LogP contribution is 2.17. The third-order valence-electron chi connectivity index (χ3n) is 3.02. The molecular formula is C15H16FN3O3S. The summed E-state index contributed by atoms with van der Waals surface area (Å²) in [6, 6.07) is 8.51. The number of rotatable bonds is 6. The molecular weight excluding hydrogens is 321 g/mol. The number of sulfonamides is 1. The Bertz CT molecular complexity index is 782. The summed E-state index contributed by atoms with van der Waals surface area (Å²) in [5, 5.41) is 2.61. The third-order valence-corrected chi connectivity index (χ3v) is 4.21. The third kappa shape index (κ3) is 4.75. The molecule has 23 heavy (non-hydrogen) atoms. The number of carbonyl (C=O) groups is 1. The van der Waals surface area contributed by atoms with E-state index < -0.39 is 15.8 Å². The van der Waals surface area contributed by atoms with Gasteiger partial charge in [-0.05, 0) is 30.3 Å². The zero-order valence-corrected chi connectivity index (χ0v) is 13.3. The summed E-state index contributed by atoms with van der Waals surface area (Å²) in [4.78, 5) is 15.7. The van der Waals surface area contributed by atoms with Crippen LogP contribution in [-0.4, -0.2) is 38.7 Å². The first-order valence-electron chi connectivity index (χ1n) is 6.79. The molecule has 0 aliphatic carbocycles. The Labute approximate surface area is 134 Å². The average molecular weight is 337 g/mol. The number of nitrogens with zero attached hydrogens (tertiary/aromatic N) is 2. The van der Waals surface area contributed by atoms with E-state index in [9.17, 15) is 17.6 Å². The SMILES string of the molecule is CS(=O)(=O)N(CCNC(=O)c1cccnc1)c1cccc(F)c1. The first-order valence-corrected chi connectivity index (χ1v) is 8.64. The minimum absolute atomic E-state index is 0.00567. The Morgan fingerprint density at radius 1 is 1.30 bits per heavy atom. The van der Waals surface area contributed by atoms with Crippen molar-refractivity contribution in [3.63, 3.8) is 0 Å². The maximum Gasteiger partial charge on any atom is 0.252 e. The molecule has 0 aliphatic rings. The van der Waals surface area contributed by atoms with Crippen LogP contribution in [0.3, 0.4) is 0 Å². The fourth-order valence-electron chi connectivity index (χ4n) is 1.99. The van der Waals surface area contributed by atoms with E-state index in [-0.39, 0.29) is 24.7 Å². The van der Waals surface area contributed by atoms with Crippen LogP contribution in [0, 0.1) is 5.82 Å². The summed E-state index contributed by atoms with van der Waals surface area (Å²) in [5.74, 6) is -0.888. The number of halogens is 1. The monoisotopic (exact) mass is 337 g/mol. The number of benzene rings is 1. The van der Waals surface area contributed by atoms with Gasteiger partial charge in [0, 0.05) is 18.9 Å². The van der Waals surface area contributed by atoms with Crippen molar-refractivity contribution in [2.24, 2.45) is 0 Å². The number of hydrogen-bond acceptors (Lipinski definition) is 4. The fraction of sp³-hybridized carbons (Fsp3) is 0.200. The summed E-state index contributed by atoms with van der Waals surface area (Å²) in [7, 11) is -3.59. The van der Waals surface area contributed by atoms with Gasteiger partial charge in [-0.1, -0.05) is 6.07 Å². The summed E-state index contributed by atoms with van der Waals surface area (Å²) >= 11 is 0.